The van der Waals surface area contributed by atoms with E-state index in [0.717, 1.165) is 25.0 Å². The number of carbonyl (C=O) groups is 1. The van der Waals surface area contributed by atoms with Gasteiger partial charge in [-0.05, 0) is 45.1 Å². The average Bonchev–Trinajstić information content (AvgIpc) is 3.33. The van der Waals surface area contributed by atoms with Gasteiger partial charge >= 0.3 is 0 Å². The van der Waals surface area contributed by atoms with E-state index in [-0.39, 0.29) is 11.9 Å². The number of pyridine rings is 1. The minimum Gasteiger partial charge on any atom is -0.463 e. The van der Waals surface area contributed by atoms with Gasteiger partial charge in [0.1, 0.15) is 5.69 Å². The van der Waals surface area contributed by atoms with E-state index in [0.29, 0.717) is 29.2 Å². The summed E-state index contributed by atoms with van der Waals surface area (Å²) in [6.07, 6.45) is 3.32. The molecular weight excluding hydrogens is 342 g/mol. The van der Waals surface area contributed by atoms with E-state index < -0.39 is 0 Å². The summed E-state index contributed by atoms with van der Waals surface area (Å²) >= 11 is 0. The Morgan fingerprint density at radius 1 is 1.33 bits per heavy atom. The number of aromatic nitrogens is 3. The highest BCUT2D eigenvalue weighted by Gasteiger charge is 2.19. The van der Waals surface area contributed by atoms with E-state index in [1.54, 1.807) is 18.5 Å². The van der Waals surface area contributed by atoms with Gasteiger partial charge in [0.25, 0.3) is 5.91 Å². The Labute approximate surface area is 159 Å². The Morgan fingerprint density at radius 2 is 2.11 bits per heavy atom. The molecule has 144 valence electrons. The van der Waals surface area contributed by atoms with Crippen LogP contribution in [0.15, 0.2) is 35.1 Å². The van der Waals surface area contributed by atoms with Gasteiger partial charge in [-0.25, -0.2) is 9.67 Å². The number of hydrogen-bond donors (Lipinski definition) is 1. The lowest BCUT2D eigenvalue weighted by Crippen LogP contribution is -2.34. The van der Waals surface area contributed by atoms with Crippen LogP contribution in [0.2, 0.25) is 0 Å². The van der Waals surface area contributed by atoms with E-state index in [4.69, 9.17) is 9.40 Å². The number of furan rings is 1. The Kier molecular flexibility index (Phi) is 5.91. The fourth-order valence-corrected chi connectivity index (χ4v) is 3.10. The average molecular weight is 369 g/mol. The zero-order valence-corrected chi connectivity index (χ0v) is 16.4. The second-order valence-corrected chi connectivity index (χ2v) is 6.74. The molecule has 0 aliphatic heterocycles. The van der Waals surface area contributed by atoms with Crippen LogP contribution >= 0.6 is 0 Å². The van der Waals surface area contributed by atoms with Crippen molar-refractivity contribution in [1.82, 2.24) is 25.0 Å². The van der Waals surface area contributed by atoms with E-state index >= 15 is 0 Å². The van der Waals surface area contributed by atoms with Gasteiger partial charge in [-0.15, -0.1) is 0 Å². The van der Waals surface area contributed by atoms with Gasteiger partial charge in [0.2, 0.25) is 0 Å². The molecule has 0 saturated carbocycles. The fraction of sp³-hybridized carbons (Fsp3) is 0.450. The maximum atomic E-state index is 12.9. The molecular formula is C20H27N5O2. The third-order valence-electron chi connectivity index (χ3n) is 4.68. The van der Waals surface area contributed by atoms with Gasteiger partial charge in [-0.2, -0.15) is 5.10 Å². The normalized spacial score (nSPS) is 11.6. The first kappa shape index (κ1) is 19.1. The highest BCUT2D eigenvalue weighted by Crippen LogP contribution is 2.26. The van der Waals surface area contributed by atoms with Crippen LogP contribution in [0.5, 0.6) is 0 Å². The molecule has 3 aromatic heterocycles. The van der Waals surface area contributed by atoms with Gasteiger partial charge in [0.15, 0.2) is 11.4 Å². The third kappa shape index (κ3) is 4.03. The lowest BCUT2D eigenvalue weighted by molar-refractivity contribution is 0.0950. The predicted octanol–water partition coefficient (Wildman–Crippen LogP) is 3.34. The van der Waals surface area contributed by atoms with Crippen molar-refractivity contribution in [3.05, 3.63) is 36.2 Å². The van der Waals surface area contributed by atoms with E-state index in [9.17, 15) is 4.79 Å². The summed E-state index contributed by atoms with van der Waals surface area (Å²) in [6, 6.07) is 5.57. The van der Waals surface area contributed by atoms with Gasteiger partial charge < -0.3 is 14.6 Å². The minimum absolute atomic E-state index is 0.120. The Bertz CT molecular complexity index is 895. The monoisotopic (exact) mass is 369 g/mol. The number of likely N-dealkylation sites (N-methyl/N-ethyl adjacent to an activating group) is 1. The molecule has 3 rings (SSSR count). The fourth-order valence-electron chi connectivity index (χ4n) is 3.10. The number of nitrogens with zero attached hydrogens (tertiary/aromatic N) is 4. The largest absolute Gasteiger partial charge is 0.463 e. The van der Waals surface area contributed by atoms with Crippen molar-refractivity contribution in [2.75, 3.05) is 26.2 Å². The summed E-state index contributed by atoms with van der Waals surface area (Å²) in [7, 11) is 0. The molecule has 0 bridgehead atoms. The van der Waals surface area contributed by atoms with Gasteiger partial charge in [-0.1, -0.05) is 13.8 Å². The number of carbonyl (C=O) groups excluding carboxylic acids is 1. The molecule has 0 radical (unpaired) electrons. The molecule has 0 spiro atoms. The van der Waals surface area contributed by atoms with E-state index in [1.807, 2.05) is 30.7 Å². The second-order valence-electron chi connectivity index (χ2n) is 6.74. The van der Waals surface area contributed by atoms with Gasteiger partial charge in [0.05, 0.1) is 23.4 Å². The molecule has 27 heavy (non-hydrogen) atoms. The molecule has 1 N–H and O–H groups in total. The Balaban J connectivity index is 1.94. The second kappa shape index (κ2) is 8.35. The molecule has 0 aliphatic rings. The molecule has 7 nitrogen and oxygen atoms in total. The molecule has 1 amide bonds. The molecule has 0 aliphatic carbocycles. The first-order valence-electron chi connectivity index (χ1n) is 9.47. The smallest absolute Gasteiger partial charge is 0.252 e. The lowest BCUT2D eigenvalue weighted by atomic mass is 10.1. The maximum absolute atomic E-state index is 12.9. The van der Waals surface area contributed by atoms with Crippen LogP contribution in [0.25, 0.3) is 22.5 Å². The molecule has 3 aromatic rings. The van der Waals surface area contributed by atoms with E-state index in [1.165, 1.54) is 0 Å². The summed E-state index contributed by atoms with van der Waals surface area (Å²) in [4.78, 5) is 19.9. The van der Waals surface area contributed by atoms with Crippen molar-refractivity contribution in [3.63, 3.8) is 0 Å². The molecule has 7 heteroatoms. The van der Waals surface area contributed by atoms with E-state index in [2.05, 4.69) is 29.2 Å². The third-order valence-corrected chi connectivity index (χ3v) is 4.68. The highest BCUT2D eigenvalue weighted by atomic mass is 16.3. The first-order valence-corrected chi connectivity index (χ1v) is 9.47. The van der Waals surface area contributed by atoms with Crippen LogP contribution in [-0.2, 0) is 0 Å². The van der Waals surface area contributed by atoms with Crippen LogP contribution in [0, 0.1) is 0 Å². The standard InChI is InChI=1S/C20H27N5O2/c1-5-24(6-2)10-9-21-20(26)15-12-17(18-8-7-11-27-18)23-19-16(15)13-22-25(19)14(3)4/h7-8,11-14H,5-6,9-10H2,1-4H3,(H,21,26). The maximum Gasteiger partial charge on any atom is 0.252 e. The summed E-state index contributed by atoms with van der Waals surface area (Å²) in [5.41, 5.74) is 1.88. The Morgan fingerprint density at radius 3 is 2.74 bits per heavy atom. The zero-order valence-electron chi connectivity index (χ0n) is 16.4. The van der Waals surface area contributed by atoms with Crippen LogP contribution in [0.1, 0.15) is 44.1 Å². The van der Waals surface area contributed by atoms with Gasteiger partial charge in [0, 0.05) is 19.1 Å². The number of amides is 1. The number of nitrogens with one attached hydrogen (secondary N) is 1. The van der Waals surface area contributed by atoms with Crippen molar-refractivity contribution >= 4 is 16.9 Å². The molecule has 0 atom stereocenters. The number of hydrogen-bond acceptors (Lipinski definition) is 5. The Hall–Kier alpha value is -2.67. The minimum atomic E-state index is -0.120. The van der Waals surface area contributed by atoms with Crippen molar-refractivity contribution in [2.24, 2.45) is 0 Å². The molecule has 0 saturated heterocycles. The molecule has 0 unspecified atom stereocenters. The first-order chi connectivity index (χ1) is 13.0. The number of rotatable bonds is 8. The zero-order chi connectivity index (χ0) is 19.4. The van der Waals surface area contributed by atoms with Crippen molar-refractivity contribution in [2.45, 2.75) is 33.7 Å². The lowest BCUT2D eigenvalue weighted by Gasteiger charge is -2.18. The van der Waals surface area contributed by atoms with Crippen LogP contribution in [-0.4, -0.2) is 51.8 Å². The van der Waals surface area contributed by atoms with Crippen LogP contribution in [0.3, 0.4) is 0 Å². The van der Waals surface area contributed by atoms with Crippen molar-refractivity contribution < 1.29 is 9.21 Å². The summed E-state index contributed by atoms with van der Waals surface area (Å²) < 4.78 is 7.32. The number of fused-ring (bicyclic) bond motifs is 1. The quantitative estimate of drug-likeness (QED) is 0.659. The topological polar surface area (TPSA) is 76.2 Å². The summed E-state index contributed by atoms with van der Waals surface area (Å²) in [5.74, 6) is 0.510. The predicted molar refractivity (Wildman–Crippen MR) is 106 cm³/mol. The van der Waals surface area contributed by atoms with Crippen LogP contribution < -0.4 is 5.32 Å². The summed E-state index contributed by atoms with van der Waals surface area (Å²) in [6.45, 7) is 11.7. The summed E-state index contributed by atoms with van der Waals surface area (Å²) in [5, 5.41) is 8.21. The van der Waals surface area contributed by atoms with Gasteiger partial charge in [-0.3, -0.25) is 4.79 Å². The van der Waals surface area contributed by atoms with Crippen molar-refractivity contribution in [3.8, 4) is 11.5 Å². The van der Waals surface area contributed by atoms with Crippen LogP contribution in [0.4, 0.5) is 0 Å². The molecule has 0 aromatic carbocycles. The van der Waals surface area contributed by atoms with Crippen molar-refractivity contribution in [1.29, 1.82) is 0 Å². The molecule has 0 fully saturated rings. The highest BCUT2D eigenvalue weighted by molar-refractivity contribution is 6.06. The molecule has 3 heterocycles. The SMILES string of the molecule is CCN(CC)CCNC(=O)c1cc(-c2ccco2)nc2c1cnn2C(C)C.